The van der Waals surface area contributed by atoms with E-state index in [0.29, 0.717) is 19.8 Å². The van der Waals surface area contributed by atoms with Crippen LogP contribution in [-0.2, 0) is 16.0 Å². The third-order valence-electron chi connectivity index (χ3n) is 2.96. The average Bonchev–Trinajstić information content (AvgIpc) is 2.80. The maximum Gasteiger partial charge on any atom is 0.0741 e. The van der Waals surface area contributed by atoms with Crippen molar-refractivity contribution in [2.45, 2.75) is 39.3 Å². The van der Waals surface area contributed by atoms with Gasteiger partial charge in [0.1, 0.15) is 0 Å². The molecular formula is C14H26BrN3O2. The number of rotatable bonds is 11. The number of hydrogen-bond acceptors (Lipinski definition) is 4. The molecule has 0 bridgehead atoms. The highest BCUT2D eigenvalue weighted by Crippen LogP contribution is 2.24. The van der Waals surface area contributed by atoms with E-state index in [-0.39, 0.29) is 6.04 Å². The number of nitrogens with zero attached hydrogens (tertiary/aromatic N) is 2. The second kappa shape index (κ2) is 10.3. The zero-order chi connectivity index (χ0) is 14.8. The summed E-state index contributed by atoms with van der Waals surface area (Å²) in [6.07, 6.45) is 4.01. The maximum atomic E-state index is 5.70. The lowest BCUT2D eigenvalue weighted by atomic mass is 10.2. The zero-order valence-electron chi connectivity index (χ0n) is 12.7. The van der Waals surface area contributed by atoms with Crippen molar-refractivity contribution in [2.24, 2.45) is 0 Å². The Morgan fingerprint density at radius 1 is 1.35 bits per heavy atom. The van der Waals surface area contributed by atoms with Gasteiger partial charge in [0.25, 0.3) is 0 Å². The number of ether oxygens (including phenoxy) is 2. The molecule has 0 aliphatic heterocycles. The van der Waals surface area contributed by atoms with Crippen molar-refractivity contribution in [3.8, 4) is 0 Å². The van der Waals surface area contributed by atoms with Gasteiger partial charge in [-0.3, -0.25) is 4.68 Å². The molecule has 0 radical (unpaired) electrons. The summed E-state index contributed by atoms with van der Waals surface area (Å²) in [5, 5.41) is 7.96. The fourth-order valence-corrected chi connectivity index (χ4v) is 2.58. The highest BCUT2D eigenvalue weighted by atomic mass is 79.9. The lowest BCUT2D eigenvalue weighted by Crippen LogP contribution is -2.29. The third-order valence-corrected chi connectivity index (χ3v) is 3.57. The first-order valence-corrected chi connectivity index (χ1v) is 8.05. The summed E-state index contributed by atoms with van der Waals surface area (Å²) in [7, 11) is 1.68. The smallest absolute Gasteiger partial charge is 0.0741 e. The van der Waals surface area contributed by atoms with E-state index in [1.807, 2.05) is 6.20 Å². The monoisotopic (exact) mass is 347 g/mol. The SMILES string of the molecule is CCCNC(COCCOC)c1c(Br)cnn1CCC. The van der Waals surface area contributed by atoms with Gasteiger partial charge in [0, 0.05) is 13.7 Å². The molecule has 0 saturated carbocycles. The fourth-order valence-electron chi connectivity index (χ4n) is 2.00. The summed E-state index contributed by atoms with van der Waals surface area (Å²) >= 11 is 3.60. The Morgan fingerprint density at radius 3 is 2.80 bits per heavy atom. The van der Waals surface area contributed by atoms with Crippen LogP contribution < -0.4 is 5.32 Å². The normalized spacial score (nSPS) is 12.8. The summed E-state index contributed by atoms with van der Waals surface area (Å²) in [6, 6.07) is 0.148. The van der Waals surface area contributed by atoms with Crippen molar-refractivity contribution in [3.63, 3.8) is 0 Å². The first-order valence-electron chi connectivity index (χ1n) is 7.25. The van der Waals surface area contributed by atoms with Crippen molar-refractivity contribution < 1.29 is 9.47 Å². The van der Waals surface area contributed by atoms with Gasteiger partial charge in [-0.1, -0.05) is 13.8 Å². The van der Waals surface area contributed by atoms with Crippen LogP contribution in [0.3, 0.4) is 0 Å². The van der Waals surface area contributed by atoms with Crippen LogP contribution in [0.5, 0.6) is 0 Å². The van der Waals surface area contributed by atoms with Gasteiger partial charge in [-0.05, 0) is 35.3 Å². The Bertz CT molecular complexity index is 371. The minimum absolute atomic E-state index is 0.148. The van der Waals surface area contributed by atoms with Crippen LogP contribution in [-0.4, -0.2) is 43.3 Å². The van der Waals surface area contributed by atoms with Crippen molar-refractivity contribution >= 4 is 15.9 Å². The molecule has 0 aliphatic rings. The molecule has 0 fully saturated rings. The number of aromatic nitrogens is 2. The molecule has 1 aromatic heterocycles. The third kappa shape index (κ3) is 5.52. The lowest BCUT2D eigenvalue weighted by molar-refractivity contribution is 0.0572. The summed E-state index contributed by atoms with van der Waals surface area (Å²) in [5.74, 6) is 0. The molecule has 1 heterocycles. The van der Waals surface area contributed by atoms with E-state index in [1.54, 1.807) is 7.11 Å². The first-order chi connectivity index (χ1) is 9.74. The minimum atomic E-state index is 0.148. The predicted octanol–water partition coefficient (Wildman–Crippen LogP) is 2.76. The number of halogens is 1. The standard InChI is InChI=1S/C14H26BrN3O2/c1-4-6-16-13(11-20-9-8-19-3)14-12(15)10-17-18(14)7-5-2/h10,13,16H,4-9,11H2,1-3H3. The van der Waals surface area contributed by atoms with Gasteiger partial charge in [-0.25, -0.2) is 0 Å². The van der Waals surface area contributed by atoms with Gasteiger partial charge >= 0.3 is 0 Å². The average molecular weight is 348 g/mol. The largest absolute Gasteiger partial charge is 0.382 e. The van der Waals surface area contributed by atoms with Gasteiger partial charge in [0.15, 0.2) is 0 Å². The highest BCUT2D eigenvalue weighted by Gasteiger charge is 2.19. The molecular weight excluding hydrogens is 322 g/mol. The summed E-state index contributed by atoms with van der Waals surface area (Å²) in [6.45, 7) is 8.05. The number of hydrogen-bond donors (Lipinski definition) is 1. The Balaban J connectivity index is 2.72. The molecule has 1 unspecified atom stereocenters. The highest BCUT2D eigenvalue weighted by molar-refractivity contribution is 9.10. The van der Waals surface area contributed by atoms with Gasteiger partial charge in [0.05, 0.1) is 42.2 Å². The molecule has 0 spiro atoms. The topological polar surface area (TPSA) is 48.3 Å². The molecule has 1 rings (SSSR count). The second-order valence-electron chi connectivity index (χ2n) is 4.68. The van der Waals surface area contributed by atoms with Gasteiger partial charge in [-0.15, -0.1) is 0 Å². The molecule has 0 aliphatic carbocycles. The number of methoxy groups -OCH3 is 1. The van der Waals surface area contributed by atoms with Crippen molar-refractivity contribution in [3.05, 3.63) is 16.4 Å². The first kappa shape index (κ1) is 17.6. The van der Waals surface area contributed by atoms with E-state index in [1.165, 1.54) is 0 Å². The van der Waals surface area contributed by atoms with Crippen molar-refractivity contribution in [2.75, 3.05) is 33.5 Å². The van der Waals surface area contributed by atoms with E-state index >= 15 is 0 Å². The van der Waals surface area contributed by atoms with Crippen molar-refractivity contribution in [1.82, 2.24) is 15.1 Å². The van der Waals surface area contributed by atoms with Crippen LogP contribution in [0, 0.1) is 0 Å². The Labute approximate surface area is 130 Å². The quantitative estimate of drug-likeness (QED) is 0.625. The molecule has 116 valence electrons. The van der Waals surface area contributed by atoms with Crippen LogP contribution in [0.25, 0.3) is 0 Å². The van der Waals surface area contributed by atoms with E-state index in [9.17, 15) is 0 Å². The predicted molar refractivity (Wildman–Crippen MR) is 83.9 cm³/mol. The molecule has 5 nitrogen and oxygen atoms in total. The maximum absolute atomic E-state index is 5.70. The molecule has 0 aromatic carbocycles. The van der Waals surface area contributed by atoms with Crippen LogP contribution in [0.15, 0.2) is 10.7 Å². The zero-order valence-corrected chi connectivity index (χ0v) is 14.3. The van der Waals surface area contributed by atoms with Crippen LogP contribution in [0.1, 0.15) is 38.4 Å². The van der Waals surface area contributed by atoms with E-state index in [0.717, 1.165) is 36.1 Å². The van der Waals surface area contributed by atoms with Crippen molar-refractivity contribution in [1.29, 1.82) is 0 Å². The van der Waals surface area contributed by atoms with E-state index in [2.05, 4.69) is 44.9 Å². The Kier molecular flexibility index (Phi) is 9.09. The molecule has 0 amide bonds. The summed E-state index contributed by atoms with van der Waals surface area (Å²) in [5.41, 5.74) is 1.16. The molecule has 1 N–H and O–H groups in total. The molecule has 6 heteroatoms. The van der Waals surface area contributed by atoms with Gasteiger partial charge < -0.3 is 14.8 Å². The van der Waals surface area contributed by atoms with Crippen LogP contribution in [0.2, 0.25) is 0 Å². The minimum Gasteiger partial charge on any atom is -0.382 e. The van der Waals surface area contributed by atoms with Gasteiger partial charge in [0.2, 0.25) is 0 Å². The summed E-state index contributed by atoms with van der Waals surface area (Å²) < 4.78 is 13.8. The summed E-state index contributed by atoms with van der Waals surface area (Å²) in [4.78, 5) is 0. The van der Waals surface area contributed by atoms with Crippen LogP contribution in [0.4, 0.5) is 0 Å². The van der Waals surface area contributed by atoms with E-state index < -0.39 is 0 Å². The Hall–Kier alpha value is -0.430. The van der Waals surface area contributed by atoms with E-state index in [4.69, 9.17) is 9.47 Å². The number of aryl methyl sites for hydroxylation is 1. The second-order valence-corrected chi connectivity index (χ2v) is 5.53. The van der Waals surface area contributed by atoms with Crippen LogP contribution >= 0.6 is 15.9 Å². The Morgan fingerprint density at radius 2 is 2.15 bits per heavy atom. The lowest BCUT2D eigenvalue weighted by Gasteiger charge is -2.20. The number of nitrogens with one attached hydrogen (secondary N) is 1. The molecule has 1 atom stereocenters. The molecule has 0 saturated heterocycles. The molecule has 20 heavy (non-hydrogen) atoms. The van der Waals surface area contributed by atoms with Gasteiger partial charge in [-0.2, -0.15) is 5.10 Å². The molecule has 1 aromatic rings. The fraction of sp³-hybridized carbons (Fsp3) is 0.786.